The monoisotopic (exact) mass is 413 g/mol. The van der Waals surface area contributed by atoms with Gasteiger partial charge in [-0.05, 0) is 55.3 Å². The summed E-state index contributed by atoms with van der Waals surface area (Å²) in [6.07, 6.45) is 0.396. The minimum absolute atomic E-state index is 0.0479. The lowest BCUT2D eigenvalue weighted by Gasteiger charge is -2.18. The Balaban J connectivity index is 1.53. The number of imidazole rings is 1. The number of halogens is 1. The fourth-order valence-electron chi connectivity index (χ4n) is 4.39. The largest absolute Gasteiger partial charge is 0.323 e. The van der Waals surface area contributed by atoms with Crippen LogP contribution in [0.1, 0.15) is 34.9 Å². The molecule has 1 saturated heterocycles. The minimum Gasteiger partial charge on any atom is -0.323 e. The molecule has 1 amide bonds. The molecule has 2 heterocycles. The molecule has 4 nitrogen and oxygen atoms in total. The summed E-state index contributed by atoms with van der Waals surface area (Å²) in [7, 11) is 0. The second-order valence-electron chi connectivity index (χ2n) is 8.31. The molecule has 0 radical (unpaired) electrons. The van der Waals surface area contributed by atoms with Gasteiger partial charge in [0, 0.05) is 30.1 Å². The Morgan fingerprint density at radius 1 is 1.00 bits per heavy atom. The van der Waals surface area contributed by atoms with Crippen LogP contribution < -0.4 is 4.90 Å². The molecule has 4 aromatic rings. The lowest BCUT2D eigenvalue weighted by atomic mass is 10.1. The molecule has 1 fully saturated rings. The van der Waals surface area contributed by atoms with E-state index in [-0.39, 0.29) is 17.6 Å². The van der Waals surface area contributed by atoms with Crippen LogP contribution in [0.5, 0.6) is 0 Å². The highest BCUT2D eigenvalue weighted by atomic mass is 19.1. The van der Waals surface area contributed by atoms with Crippen molar-refractivity contribution in [2.75, 3.05) is 11.4 Å². The third kappa shape index (κ3) is 3.50. The van der Waals surface area contributed by atoms with Crippen molar-refractivity contribution in [3.05, 3.63) is 95.1 Å². The summed E-state index contributed by atoms with van der Waals surface area (Å²) in [5.74, 6) is 0.653. The van der Waals surface area contributed by atoms with Crippen LogP contribution in [0.25, 0.3) is 11.0 Å². The summed E-state index contributed by atoms with van der Waals surface area (Å²) < 4.78 is 16.5. The van der Waals surface area contributed by atoms with Gasteiger partial charge in [-0.1, -0.05) is 36.4 Å². The van der Waals surface area contributed by atoms with Gasteiger partial charge in [0.05, 0.1) is 17.6 Å². The molecule has 3 aromatic carbocycles. The molecule has 1 aliphatic heterocycles. The maximum Gasteiger partial charge on any atom is 0.227 e. The minimum atomic E-state index is -0.231. The van der Waals surface area contributed by atoms with Gasteiger partial charge in [-0.3, -0.25) is 4.79 Å². The van der Waals surface area contributed by atoms with E-state index in [0.717, 1.165) is 22.5 Å². The van der Waals surface area contributed by atoms with Gasteiger partial charge < -0.3 is 9.47 Å². The quantitative estimate of drug-likeness (QED) is 0.452. The second-order valence-corrected chi connectivity index (χ2v) is 8.31. The topological polar surface area (TPSA) is 38.1 Å². The van der Waals surface area contributed by atoms with Crippen LogP contribution in [0, 0.1) is 19.7 Å². The number of carbonyl (C=O) groups is 1. The number of amides is 1. The van der Waals surface area contributed by atoms with E-state index in [0.29, 0.717) is 25.1 Å². The molecule has 0 N–H and O–H groups in total. The fraction of sp³-hybridized carbons (Fsp3) is 0.231. The average molecular weight is 413 g/mol. The number of benzene rings is 3. The first-order valence-corrected chi connectivity index (χ1v) is 10.6. The van der Waals surface area contributed by atoms with Crippen LogP contribution in [0.4, 0.5) is 10.1 Å². The van der Waals surface area contributed by atoms with Crippen molar-refractivity contribution < 1.29 is 9.18 Å². The Kier molecular flexibility index (Phi) is 4.81. The van der Waals surface area contributed by atoms with E-state index < -0.39 is 0 Å². The summed E-state index contributed by atoms with van der Waals surface area (Å²) in [6, 6.07) is 20.8. The van der Waals surface area contributed by atoms with Crippen molar-refractivity contribution in [1.29, 1.82) is 0 Å². The molecule has 0 bridgehead atoms. The standard InChI is InChI=1S/C26H24FN3O/c1-17-11-12-21(13-18(17)2)29-16-20(14-25(29)31)26-28-23-9-5-6-10-24(23)30(26)15-19-7-3-4-8-22(19)27/h3-13,20H,14-16H2,1-2H3/t20-/m1/s1. The molecule has 156 valence electrons. The zero-order chi connectivity index (χ0) is 21.5. The highest BCUT2D eigenvalue weighted by Gasteiger charge is 2.35. The molecule has 31 heavy (non-hydrogen) atoms. The first kappa shape index (κ1) is 19.5. The van der Waals surface area contributed by atoms with Crippen LogP contribution in [0.15, 0.2) is 66.7 Å². The third-order valence-corrected chi connectivity index (χ3v) is 6.26. The van der Waals surface area contributed by atoms with E-state index in [1.165, 1.54) is 17.2 Å². The van der Waals surface area contributed by atoms with Gasteiger partial charge in [0.1, 0.15) is 11.6 Å². The van der Waals surface area contributed by atoms with Crippen LogP contribution >= 0.6 is 0 Å². The summed E-state index contributed by atoms with van der Waals surface area (Å²) in [4.78, 5) is 19.6. The van der Waals surface area contributed by atoms with E-state index in [2.05, 4.69) is 30.5 Å². The molecule has 0 unspecified atom stereocenters. The normalized spacial score (nSPS) is 16.4. The van der Waals surface area contributed by atoms with E-state index in [1.54, 1.807) is 12.1 Å². The number of para-hydroxylation sites is 2. The van der Waals surface area contributed by atoms with Gasteiger partial charge in [0.25, 0.3) is 0 Å². The van der Waals surface area contributed by atoms with E-state index >= 15 is 0 Å². The predicted molar refractivity (Wildman–Crippen MR) is 121 cm³/mol. The van der Waals surface area contributed by atoms with Crippen molar-refractivity contribution in [1.82, 2.24) is 9.55 Å². The molecule has 0 aliphatic carbocycles. The molecular weight excluding hydrogens is 389 g/mol. The highest BCUT2D eigenvalue weighted by Crippen LogP contribution is 2.34. The number of rotatable bonds is 4. The average Bonchev–Trinajstić information content (AvgIpc) is 3.32. The van der Waals surface area contributed by atoms with Crippen molar-refractivity contribution in [2.45, 2.75) is 32.7 Å². The van der Waals surface area contributed by atoms with Gasteiger partial charge in [0.15, 0.2) is 0 Å². The van der Waals surface area contributed by atoms with E-state index in [4.69, 9.17) is 4.98 Å². The number of hydrogen-bond acceptors (Lipinski definition) is 2. The van der Waals surface area contributed by atoms with Gasteiger partial charge in [-0.25, -0.2) is 9.37 Å². The SMILES string of the molecule is Cc1ccc(N2C[C@H](c3nc4ccccc4n3Cc3ccccc3F)CC2=O)cc1C. The fourth-order valence-corrected chi connectivity index (χ4v) is 4.39. The maximum atomic E-state index is 14.4. The molecule has 1 atom stereocenters. The van der Waals surface area contributed by atoms with Gasteiger partial charge >= 0.3 is 0 Å². The van der Waals surface area contributed by atoms with Crippen molar-refractivity contribution >= 4 is 22.6 Å². The van der Waals surface area contributed by atoms with Crippen LogP contribution in [-0.4, -0.2) is 22.0 Å². The molecule has 1 aromatic heterocycles. The molecule has 0 saturated carbocycles. The first-order chi connectivity index (χ1) is 15.0. The number of fused-ring (bicyclic) bond motifs is 1. The number of carbonyl (C=O) groups excluding carboxylic acids is 1. The summed E-state index contributed by atoms with van der Waals surface area (Å²) in [5, 5.41) is 0. The zero-order valence-electron chi connectivity index (χ0n) is 17.7. The lowest BCUT2D eigenvalue weighted by molar-refractivity contribution is -0.117. The first-order valence-electron chi connectivity index (χ1n) is 10.6. The third-order valence-electron chi connectivity index (χ3n) is 6.26. The number of aromatic nitrogens is 2. The molecule has 5 heteroatoms. The van der Waals surface area contributed by atoms with Crippen LogP contribution in [0.2, 0.25) is 0 Å². The number of hydrogen-bond donors (Lipinski definition) is 0. The Bertz CT molecular complexity index is 1290. The van der Waals surface area contributed by atoms with E-state index in [1.807, 2.05) is 41.3 Å². The van der Waals surface area contributed by atoms with Crippen LogP contribution in [0.3, 0.4) is 0 Å². The molecule has 5 rings (SSSR count). The van der Waals surface area contributed by atoms with Crippen LogP contribution in [-0.2, 0) is 11.3 Å². The second kappa shape index (κ2) is 7.65. The molecule has 1 aliphatic rings. The zero-order valence-corrected chi connectivity index (χ0v) is 17.7. The Morgan fingerprint density at radius 2 is 1.77 bits per heavy atom. The van der Waals surface area contributed by atoms with E-state index in [9.17, 15) is 9.18 Å². The number of nitrogens with zero attached hydrogens (tertiary/aromatic N) is 3. The summed E-state index contributed by atoms with van der Waals surface area (Å²) in [6.45, 7) is 5.09. The number of anilines is 1. The van der Waals surface area contributed by atoms with Gasteiger partial charge in [-0.2, -0.15) is 0 Å². The smallest absolute Gasteiger partial charge is 0.227 e. The lowest BCUT2D eigenvalue weighted by Crippen LogP contribution is -2.24. The molecule has 0 spiro atoms. The molecular formula is C26H24FN3O. The predicted octanol–water partition coefficient (Wildman–Crippen LogP) is 5.36. The van der Waals surface area contributed by atoms with Crippen molar-refractivity contribution in [3.63, 3.8) is 0 Å². The Labute approximate surface area is 181 Å². The van der Waals surface area contributed by atoms with Gasteiger partial charge in [0.2, 0.25) is 5.91 Å². The number of aryl methyl sites for hydroxylation is 2. The maximum absolute atomic E-state index is 14.4. The Hall–Kier alpha value is -3.47. The summed E-state index contributed by atoms with van der Waals surface area (Å²) in [5.41, 5.74) is 5.73. The highest BCUT2D eigenvalue weighted by molar-refractivity contribution is 5.96. The van der Waals surface area contributed by atoms with Gasteiger partial charge in [-0.15, -0.1) is 0 Å². The van der Waals surface area contributed by atoms with Crippen molar-refractivity contribution in [3.8, 4) is 0 Å². The summed E-state index contributed by atoms with van der Waals surface area (Å²) >= 11 is 0. The van der Waals surface area contributed by atoms with Crippen molar-refractivity contribution in [2.24, 2.45) is 0 Å². The Morgan fingerprint density at radius 3 is 2.58 bits per heavy atom.